The molecule has 5 nitrogen and oxygen atoms in total. The summed E-state index contributed by atoms with van der Waals surface area (Å²) in [6.45, 7) is 3.09. The Morgan fingerprint density at radius 3 is 2.38 bits per heavy atom. The van der Waals surface area contributed by atoms with Crippen LogP contribution in [0.4, 0.5) is 11.5 Å². The molecule has 0 atom stereocenters. The lowest BCUT2D eigenvalue weighted by Crippen LogP contribution is -2.15. The lowest BCUT2D eigenvalue weighted by molar-refractivity contribution is 0.100. The molecule has 0 radical (unpaired) electrons. The molecule has 1 rings (SSSR count). The summed E-state index contributed by atoms with van der Waals surface area (Å²) < 4.78 is 0. The summed E-state index contributed by atoms with van der Waals surface area (Å²) in [6.07, 6.45) is 11.8. The van der Waals surface area contributed by atoms with E-state index in [-0.39, 0.29) is 0 Å². The average Bonchev–Trinajstić information content (AvgIpc) is 2.47. The first-order chi connectivity index (χ1) is 10.1. The van der Waals surface area contributed by atoms with Gasteiger partial charge in [0.05, 0.1) is 17.4 Å². The maximum absolute atomic E-state index is 11.2. The summed E-state index contributed by atoms with van der Waals surface area (Å²) in [7, 11) is 0. The fourth-order valence-corrected chi connectivity index (χ4v) is 2.25. The number of hydrogen-bond donors (Lipinski definition) is 3. The van der Waals surface area contributed by atoms with Crippen LogP contribution in [0, 0.1) is 0 Å². The number of carbonyl (C=O) groups excluding carboxylic acids is 1. The zero-order valence-corrected chi connectivity index (χ0v) is 13.0. The minimum Gasteiger partial charge on any atom is -0.397 e. The molecule has 1 aromatic rings. The van der Waals surface area contributed by atoms with E-state index in [1.54, 1.807) is 6.07 Å². The largest absolute Gasteiger partial charge is 0.397 e. The molecule has 0 aliphatic carbocycles. The molecule has 1 amide bonds. The number of nitrogen functional groups attached to an aromatic ring is 1. The van der Waals surface area contributed by atoms with Gasteiger partial charge in [0.2, 0.25) is 0 Å². The molecule has 0 bridgehead atoms. The summed E-state index contributed by atoms with van der Waals surface area (Å²) in [5.41, 5.74) is 11.5. The Kier molecular flexibility index (Phi) is 8.24. The van der Waals surface area contributed by atoms with Crippen LogP contribution in [0.15, 0.2) is 12.3 Å². The molecule has 1 heterocycles. The van der Waals surface area contributed by atoms with E-state index in [0.717, 1.165) is 13.0 Å². The summed E-state index contributed by atoms with van der Waals surface area (Å²) in [4.78, 5) is 15.3. The van der Waals surface area contributed by atoms with Gasteiger partial charge in [0.25, 0.3) is 5.91 Å². The maximum atomic E-state index is 11.2. The van der Waals surface area contributed by atoms with Crippen molar-refractivity contribution in [3.63, 3.8) is 0 Å². The predicted octanol–water partition coefficient (Wildman–Crippen LogP) is 3.32. The quantitative estimate of drug-likeness (QED) is 0.545. The number of nitrogens with two attached hydrogens (primary N) is 2. The van der Waals surface area contributed by atoms with Crippen LogP contribution in [0.2, 0.25) is 0 Å². The molecule has 0 spiro atoms. The second kappa shape index (κ2) is 10.0. The van der Waals surface area contributed by atoms with Crippen LogP contribution in [-0.4, -0.2) is 17.4 Å². The monoisotopic (exact) mass is 292 g/mol. The lowest BCUT2D eigenvalue weighted by atomic mass is 10.1. The van der Waals surface area contributed by atoms with E-state index < -0.39 is 5.91 Å². The van der Waals surface area contributed by atoms with Crippen LogP contribution >= 0.6 is 0 Å². The Labute approximate surface area is 127 Å². The Morgan fingerprint density at radius 2 is 1.76 bits per heavy atom. The fourth-order valence-electron chi connectivity index (χ4n) is 2.25. The van der Waals surface area contributed by atoms with Crippen molar-refractivity contribution >= 4 is 17.4 Å². The first kappa shape index (κ1) is 17.3. The van der Waals surface area contributed by atoms with Gasteiger partial charge in [-0.25, -0.2) is 4.98 Å². The molecule has 118 valence electrons. The van der Waals surface area contributed by atoms with Crippen LogP contribution in [0.3, 0.4) is 0 Å². The van der Waals surface area contributed by atoms with Gasteiger partial charge in [0, 0.05) is 6.54 Å². The van der Waals surface area contributed by atoms with Gasteiger partial charge >= 0.3 is 0 Å². The minimum atomic E-state index is -0.523. The van der Waals surface area contributed by atoms with Gasteiger partial charge in [-0.15, -0.1) is 0 Å². The van der Waals surface area contributed by atoms with Crippen molar-refractivity contribution < 1.29 is 4.79 Å². The maximum Gasteiger partial charge on any atom is 0.250 e. The number of amides is 1. The van der Waals surface area contributed by atoms with Gasteiger partial charge < -0.3 is 16.8 Å². The van der Waals surface area contributed by atoms with E-state index in [0.29, 0.717) is 17.1 Å². The first-order valence-corrected chi connectivity index (χ1v) is 7.94. The van der Waals surface area contributed by atoms with Crippen molar-refractivity contribution in [1.29, 1.82) is 0 Å². The van der Waals surface area contributed by atoms with Gasteiger partial charge in [0.1, 0.15) is 5.82 Å². The number of hydrogen-bond acceptors (Lipinski definition) is 4. The number of nitrogens with zero attached hydrogens (tertiary/aromatic N) is 1. The van der Waals surface area contributed by atoms with Crippen molar-refractivity contribution in [2.45, 2.75) is 58.3 Å². The molecule has 5 N–H and O–H groups in total. The summed E-state index contributed by atoms with van der Waals surface area (Å²) in [6, 6.07) is 1.61. The molecular weight excluding hydrogens is 264 g/mol. The zero-order chi connectivity index (χ0) is 15.5. The number of aromatic nitrogens is 1. The average molecular weight is 292 g/mol. The van der Waals surface area contributed by atoms with Crippen LogP contribution in [0.1, 0.15) is 68.6 Å². The zero-order valence-electron chi connectivity index (χ0n) is 13.0. The van der Waals surface area contributed by atoms with E-state index >= 15 is 0 Å². The highest BCUT2D eigenvalue weighted by molar-refractivity contribution is 5.98. The Hall–Kier alpha value is -1.78. The lowest BCUT2D eigenvalue weighted by Gasteiger charge is -2.08. The molecule has 0 unspecified atom stereocenters. The minimum absolute atomic E-state index is 0.320. The second-order valence-electron chi connectivity index (χ2n) is 5.42. The third kappa shape index (κ3) is 6.97. The fraction of sp³-hybridized carbons (Fsp3) is 0.625. The SMILES string of the molecule is CCCCCCCCCCNc1cc(C(N)=O)c(N)cn1. The predicted molar refractivity (Wildman–Crippen MR) is 88.3 cm³/mol. The molecule has 1 aromatic heterocycles. The molecule has 0 aliphatic heterocycles. The topological polar surface area (TPSA) is 94.0 Å². The highest BCUT2D eigenvalue weighted by Crippen LogP contribution is 2.14. The molecule has 0 aromatic carbocycles. The van der Waals surface area contributed by atoms with Crippen LogP contribution in [0.5, 0.6) is 0 Å². The van der Waals surface area contributed by atoms with Crippen molar-refractivity contribution in [2.75, 3.05) is 17.6 Å². The normalized spacial score (nSPS) is 10.5. The highest BCUT2D eigenvalue weighted by atomic mass is 16.1. The van der Waals surface area contributed by atoms with Gasteiger partial charge in [0.15, 0.2) is 0 Å². The molecule has 0 saturated heterocycles. The van der Waals surface area contributed by atoms with Gasteiger partial charge in [-0.2, -0.15) is 0 Å². The van der Waals surface area contributed by atoms with Gasteiger partial charge in [-0.3, -0.25) is 4.79 Å². The molecule has 0 aliphatic rings. The standard InChI is InChI=1S/C16H28N4O/c1-2-3-4-5-6-7-8-9-10-19-15-11-13(16(18)21)14(17)12-20-15/h11-12H,2-10,17H2,1H3,(H2,18,21)(H,19,20). The second-order valence-corrected chi connectivity index (χ2v) is 5.42. The van der Waals surface area contributed by atoms with Crippen molar-refractivity contribution in [3.05, 3.63) is 17.8 Å². The van der Waals surface area contributed by atoms with E-state index in [2.05, 4.69) is 17.2 Å². The number of unbranched alkanes of at least 4 members (excludes halogenated alkanes) is 7. The smallest absolute Gasteiger partial charge is 0.250 e. The van der Waals surface area contributed by atoms with E-state index in [1.807, 2.05) is 0 Å². The summed E-state index contributed by atoms with van der Waals surface area (Å²) in [5, 5.41) is 3.20. The van der Waals surface area contributed by atoms with Crippen molar-refractivity contribution in [1.82, 2.24) is 4.98 Å². The number of carbonyl (C=O) groups is 1. The van der Waals surface area contributed by atoms with Crippen molar-refractivity contribution in [3.8, 4) is 0 Å². The van der Waals surface area contributed by atoms with Gasteiger partial charge in [-0.1, -0.05) is 51.9 Å². The number of primary amides is 1. The number of anilines is 2. The van der Waals surface area contributed by atoms with E-state index in [4.69, 9.17) is 11.5 Å². The van der Waals surface area contributed by atoms with E-state index in [9.17, 15) is 4.79 Å². The Bertz CT molecular complexity index is 434. The third-order valence-corrected chi connectivity index (χ3v) is 3.54. The highest BCUT2D eigenvalue weighted by Gasteiger charge is 2.07. The van der Waals surface area contributed by atoms with Crippen LogP contribution in [0.25, 0.3) is 0 Å². The molecule has 0 fully saturated rings. The number of rotatable bonds is 11. The Balaban J connectivity index is 2.16. The van der Waals surface area contributed by atoms with E-state index in [1.165, 1.54) is 51.1 Å². The van der Waals surface area contributed by atoms with Crippen LogP contribution < -0.4 is 16.8 Å². The number of pyridine rings is 1. The first-order valence-electron chi connectivity index (χ1n) is 7.94. The summed E-state index contributed by atoms with van der Waals surface area (Å²) >= 11 is 0. The number of nitrogens with one attached hydrogen (secondary N) is 1. The van der Waals surface area contributed by atoms with Gasteiger partial charge in [-0.05, 0) is 12.5 Å². The molecule has 21 heavy (non-hydrogen) atoms. The molecule has 0 saturated carbocycles. The molecule has 5 heteroatoms. The third-order valence-electron chi connectivity index (χ3n) is 3.54. The summed E-state index contributed by atoms with van der Waals surface area (Å²) in [5.74, 6) is 0.131. The van der Waals surface area contributed by atoms with Crippen LogP contribution in [-0.2, 0) is 0 Å². The van der Waals surface area contributed by atoms with Crippen molar-refractivity contribution in [2.24, 2.45) is 5.73 Å². The Morgan fingerprint density at radius 1 is 1.14 bits per heavy atom. The molecular formula is C16H28N4O.